The Morgan fingerprint density at radius 3 is 3.00 bits per heavy atom. The molecule has 1 aliphatic rings. The fraction of sp³-hybridized carbons (Fsp3) is 0.556. The van der Waals surface area contributed by atoms with Crippen molar-refractivity contribution in [3.63, 3.8) is 0 Å². The summed E-state index contributed by atoms with van der Waals surface area (Å²) in [6.07, 6.45) is 6.00. The van der Waals surface area contributed by atoms with Gasteiger partial charge >= 0.3 is 0 Å². The summed E-state index contributed by atoms with van der Waals surface area (Å²) >= 11 is 7.47. The van der Waals surface area contributed by atoms with Crippen LogP contribution in [0, 0.1) is 0 Å². The zero-order valence-electron chi connectivity index (χ0n) is 7.96. The van der Waals surface area contributed by atoms with E-state index in [-0.39, 0.29) is 5.54 Å². The van der Waals surface area contributed by atoms with E-state index in [4.69, 9.17) is 11.6 Å². The topological polar surface area (TPSA) is 37.8 Å². The van der Waals surface area contributed by atoms with Gasteiger partial charge in [-0.15, -0.1) is 23.4 Å². The maximum absolute atomic E-state index is 5.86. The van der Waals surface area contributed by atoms with Crippen molar-refractivity contribution in [2.45, 2.75) is 23.4 Å². The lowest BCUT2D eigenvalue weighted by Crippen LogP contribution is -2.24. The molecule has 1 heterocycles. The van der Waals surface area contributed by atoms with Crippen LogP contribution < -0.4 is 5.32 Å². The minimum Gasteiger partial charge on any atom is -0.348 e. The average Bonchev–Trinajstić information content (AvgIpc) is 2.99. The van der Waals surface area contributed by atoms with Crippen LogP contribution >= 0.6 is 23.4 Å². The molecule has 0 radical (unpaired) electrons. The van der Waals surface area contributed by atoms with Crippen molar-refractivity contribution in [1.82, 2.24) is 9.97 Å². The third kappa shape index (κ3) is 2.12. The monoisotopic (exact) mass is 229 g/mol. The van der Waals surface area contributed by atoms with Crippen molar-refractivity contribution in [1.29, 1.82) is 0 Å². The number of rotatable bonds is 4. The second-order valence-corrected chi connectivity index (χ2v) is 4.56. The molecule has 0 unspecified atom stereocenters. The zero-order chi connectivity index (χ0) is 10.0. The predicted octanol–water partition coefficient (Wildman–Crippen LogP) is 2.38. The number of anilines is 1. The Bertz CT molecular complexity index is 328. The van der Waals surface area contributed by atoms with Gasteiger partial charge in [0, 0.05) is 12.1 Å². The molecule has 1 N–H and O–H groups in total. The van der Waals surface area contributed by atoms with Crippen molar-refractivity contribution >= 4 is 29.3 Å². The zero-order valence-corrected chi connectivity index (χ0v) is 9.53. The number of hydrogen-bond acceptors (Lipinski definition) is 4. The molecule has 14 heavy (non-hydrogen) atoms. The molecule has 1 aliphatic carbocycles. The molecule has 2 rings (SSSR count). The second-order valence-electron chi connectivity index (χ2n) is 3.46. The molecule has 1 aromatic heterocycles. The lowest BCUT2D eigenvalue weighted by atomic mass is 10.3. The fourth-order valence-electron chi connectivity index (χ4n) is 1.20. The molecule has 0 saturated heterocycles. The number of alkyl halides is 1. The highest BCUT2D eigenvalue weighted by atomic mass is 35.5. The van der Waals surface area contributed by atoms with Gasteiger partial charge in [0.2, 0.25) is 5.95 Å². The summed E-state index contributed by atoms with van der Waals surface area (Å²) in [4.78, 5) is 8.51. The highest BCUT2D eigenvalue weighted by Gasteiger charge is 2.42. The van der Waals surface area contributed by atoms with Gasteiger partial charge in [-0.25, -0.2) is 9.97 Å². The van der Waals surface area contributed by atoms with Gasteiger partial charge in [0.05, 0.1) is 5.54 Å². The van der Waals surface area contributed by atoms with E-state index in [1.54, 1.807) is 18.0 Å². The summed E-state index contributed by atoms with van der Waals surface area (Å²) in [5.41, 5.74) is 0.0680. The first-order valence-electron chi connectivity index (χ1n) is 4.49. The summed E-state index contributed by atoms with van der Waals surface area (Å²) in [6.45, 7) is 0. The Kier molecular flexibility index (Phi) is 2.83. The minimum atomic E-state index is 0.0680. The normalized spacial score (nSPS) is 17.9. The highest BCUT2D eigenvalue weighted by Crippen LogP contribution is 2.39. The van der Waals surface area contributed by atoms with E-state index < -0.39 is 0 Å². The van der Waals surface area contributed by atoms with Crippen molar-refractivity contribution in [2.24, 2.45) is 0 Å². The van der Waals surface area contributed by atoms with Crippen LogP contribution in [0.2, 0.25) is 0 Å². The Labute approximate surface area is 92.7 Å². The Morgan fingerprint density at radius 1 is 1.64 bits per heavy atom. The summed E-state index contributed by atoms with van der Waals surface area (Å²) in [7, 11) is 0. The molecular formula is C9H12ClN3S. The number of aromatic nitrogens is 2. The molecule has 0 amide bonds. The molecule has 5 heteroatoms. The largest absolute Gasteiger partial charge is 0.348 e. The quantitative estimate of drug-likeness (QED) is 0.489. The maximum Gasteiger partial charge on any atom is 0.224 e. The average molecular weight is 230 g/mol. The van der Waals surface area contributed by atoms with Crippen molar-refractivity contribution in [2.75, 3.05) is 17.5 Å². The number of thioether (sulfide) groups is 1. The first kappa shape index (κ1) is 10.1. The van der Waals surface area contributed by atoms with Gasteiger partial charge in [-0.2, -0.15) is 0 Å². The summed E-state index contributed by atoms with van der Waals surface area (Å²) in [5, 5.41) is 4.27. The van der Waals surface area contributed by atoms with Crippen LogP contribution in [-0.2, 0) is 0 Å². The molecule has 0 spiro atoms. The first-order chi connectivity index (χ1) is 6.78. The van der Waals surface area contributed by atoms with Crippen molar-refractivity contribution < 1.29 is 0 Å². The number of hydrogen-bond donors (Lipinski definition) is 1. The van der Waals surface area contributed by atoms with E-state index in [9.17, 15) is 0 Å². The third-order valence-corrected chi connectivity index (χ3v) is 3.48. The lowest BCUT2D eigenvalue weighted by Gasteiger charge is -2.13. The van der Waals surface area contributed by atoms with Crippen LogP contribution in [-0.4, -0.2) is 27.6 Å². The Hall–Kier alpha value is -0.480. The van der Waals surface area contributed by atoms with E-state index in [0.717, 1.165) is 17.9 Å². The molecule has 1 saturated carbocycles. The van der Waals surface area contributed by atoms with E-state index in [1.165, 1.54) is 0 Å². The van der Waals surface area contributed by atoms with E-state index in [1.807, 2.05) is 12.3 Å². The number of nitrogens with zero attached hydrogens (tertiary/aromatic N) is 2. The Balaban J connectivity index is 2.09. The molecule has 1 aromatic rings. The van der Waals surface area contributed by atoms with E-state index in [2.05, 4.69) is 15.3 Å². The smallest absolute Gasteiger partial charge is 0.224 e. The second kappa shape index (κ2) is 3.95. The SMILES string of the molecule is CSc1ccnc(NC2(CCl)CC2)n1. The Morgan fingerprint density at radius 2 is 2.43 bits per heavy atom. The lowest BCUT2D eigenvalue weighted by molar-refractivity contribution is 0.811. The number of nitrogens with one attached hydrogen (secondary N) is 1. The minimum absolute atomic E-state index is 0.0680. The molecule has 0 aromatic carbocycles. The van der Waals surface area contributed by atoms with Crippen LogP contribution in [0.25, 0.3) is 0 Å². The molecule has 0 atom stereocenters. The highest BCUT2D eigenvalue weighted by molar-refractivity contribution is 7.98. The molecule has 0 aliphatic heterocycles. The van der Waals surface area contributed by atoms with Gasteiger partial charge < -0.3 is 5.32 Å². The summed E-state index contributed by atoms with van der Waals surface area (Å²) in [5.74, 6) is 1.31. The predicted molar refractivity (Wildman–Crippen MR) is 60.1 cm³/mol. The van der Waals surface area contributed by atoms with Crippen molar-refractivity contribution in [3.05, 3.63) is 12.3 Å². The molecule has 3 nitrogen and oxygen atoms in total. The van der Waals surface area contributed by atoms with Gasteiger partial charge in [0.15, 0.2) is 0 Å². The third-order valence-electron chi connectivity index (χ3n) is 2.33. The maximum atomic E-state index is 5.86. The molecule has 0 bridgehead atoms. The fourth-order valence-corrected chi connectivity index (χ4v) is 1.90. The van der Waals surface area contributed by atoms with Crippen LogP contribution in [0.3, 0.4) is 0 Å². The molecule has 76 valence electrons. The van der Waals surface area contributed by atoms with Gasteiger partial charge in [-0.1, -0.05) is 0 Å². The number of halogens is 1. The van der Waals surface area contributed by atoms with Crippen LogP contribution in [0.4, 0.5) is 5.95 Å². The first-order valence-corrected chi connectivity index (χ1v) is 6.25. The standard InChI is InChI=1S/C9H12ClN3S/c1-14-7-2-5-11-8(12-7)13-9(6-10)3-4-9/h2,5H,3-4,6H2,1H3,(H,11,12,13). The summed E-state index contributed by atoms with van der Waals surface area (Å²) in [6, 6.07) is 1.90. The van der Waals surface area contributed by atoms with E-state index in [0.29, 0.717) is 11.8 Å². The van der Waals surface area contributed by atoms with Gasteiger partial charge in [0.1, 0.15) is 5.03 Å². The van der Waals surface area contributed by atoms with Gasteiger partial charge in [-0.05, 0) is 25.2 Å². The molecule has 1 fully saturated rings. The van der Waals surface area contributed by atoms with Crippen molar-refractivity contribution in [3.8, 4) is 0 Å². The van der Waals surface area contributed by atoms with Gasteiger partial charge in [0.25, 0.3) is 0 Å². The van der Waals surface area contributed by atoms with Gasteiger partial charge in [-0.3, -0.25) is 0 Å². The van der Waals surface area contributed by atoms with Crippen LogP contribution in [0.5, 0.6) is 0 Å². The van der Waals surface area contributed by atoms with Crippen LogP contribution in [0.1, 0.15) is 12.8 Å². The molecular weight excluding hydrogens is 218 g/mol. The van der Waals surface area contributed by atoms with Crippen LogP contribution in [0.15, 0.2) is 17.3 Å². The van der Waals surface area contributed by atoms with E-state index >= 15 is 0 Å². The summed E-state index contributed by atoms with van der Waals surface area (Å²) < 4.78 is 0.